The van der Waals surface area contributed by atoms with Gasteiger partial charge in [0.1, 0.15) is 18.1 Å². The van der Waals surface area contributed by atoms with Crippen molar-refractivity contribution in [2.24, 2.45) is 0 Å². The van der Waals surface area contributed by atoms with Crippen LogP contribution >= 0.6 is 11.6 Å². The zero-order chi connectivity index (χ0) is 21.8. The van der Waals surface area contributed by atoms with Crippen LogP contribution in [0.25, 0.3) is 10.8 Å². The smallest absolute Gasteiger partial charge is 0.255 e. The van der Waals surface area contributed by atoms with Crippen molar-refractivity contribution in [3.05, 3.63) is 101 Å². The van der Waals surface area contributed by atoms with E-state index in [0.717, 1.165) is 27.6 Å². The molecule has 0 heterocycles. The Hall–Kier alpha value is -3.50. The lowest BCUT2D eigenvalue weighted by Crippen LogP contribution is -2.13. The van der Waals surface area contributed by atoms with Gasteiger partial charge in [0.15, 0.2) is 0 Å². The number of fused-ring (bicyclic) bond motifs is 1. The van der Waals surface area contributed by atoms with E-state index in [2.05, 4.69) is 11.4 Å². The van der Waals surface area contributed by atoms with Crippen molar-refractivity contribution in [1.29, 1.82) is 0 Å². The highest BCUT2D eigenvalue weighted by molar-refractivity contribution is 6.31. The molecule has 0 unspecified atom stereocenters. The van der Waals surface area contributed by atoms with E-state index in [-0.39, 0.29) is 12.5 Å². The molecule has 0 spiro atoms. The van der Waals surface area contributed by atoms with Crippen LogP contribution in [0.1, 0.15) is 21.5 Å². The molecule has 0 aliphatic carbocycles. The van der Waals surface area contributed by atoms with Gasteiger partial charge < -0.3 is 14.8 Å². The summed E-state index contributed by atoms with van der Waals surface area (Å²) in [7, 11) is 1.60. The summed E-state index contributed by atoms with van der Waals surface area (Å²) in [6.45, 7) is 2.15. The van der Waals surface area contributed by atoms with Gasteiger partial charge in [-0.2, -0.15) is 0 Å². The summed E-state index contributed by atoms with van der Waals surface area (Å²) in [6.07, 6.45) is 0. The van der Waals surface area contributed by atoms with E-state index in [1.165, 1.54) is 0 Å². The van der Waals surface area contributed by atoms with Crippen LogP contribution in [0, 0.1) is 6.92 Å². The summed E-state index contributed by atoms with van der Waals surface area (Å²) in [5.41, 5.74) is 2.80. The standard InChI is InChI=1S/C26H22ClNO3/c1-17-23(27)8-5-9-24(17)28-26(29)20-11-13-25(30-2)21(14-20)16-31-22-12-10-18-6-3-4-7-19(18)15-22/h3-15H,16H2,1-2H3,(H,28,29). The van der Waals surface area contributed by atoms with Crippen molar-refractivity contribution in [3.63, 3.8) is 0 Å². The predicted octanol–water partition coefficient (Wildman–Crippen LogP) is 6.64. The Labute approximate surface area is 186 Å². The molecule has 4 aromatic rings. The molecule has 0 atom stereocenters. The molecule has 4 aromatic carbocycles. The van der Waals surface area contributed by atoms with E-state index in [1.807, 2.05) is 55.5 Å². The average Bonchev–Trinajstić information content (AvgIpc) is 2.80. The molecule has 0 aromatic heterocycles. The molecule has 5 heteroatoms. The average molecular weight is 432 g/mol. The first-order chi connectivity index (χ1) is 15.0. The monoisotopic (exact) mass is 431 g/mol. The quantitative estimate of drug-likeness (QED) is 0.372. The highest BCUT2D eigenvalue weighted by atomic mass is 35.5. The molecule has 156 valence electrons. The van der Waals surface area contributed by atoms with Crippen LogP contribution in [0.4, 0.5) is 5.69 Å². The van der Waals surface area contributed by atoms with Crippen LogP contribution in [0.5, 0.6) is 11.5 Å². The fourth-order valence-electron chi connectivity index (χ4n) is 3.39. The highest BCUT2D eigenvalue weighted by Gasteiger charge is 2.13. The number of nitrogens with one attached hydrogen (secondary N) is 1. The van der Waals surface area contributed by atoms with Crippen LogP contribution in [0.2, 0.25) is 5.02 Å². The van der Waals surface area contributed by atoms with Gasteiger partial charge in [0.2, 0.25) is 0 Å². The second-order valence-electron chi connectivity index (χ2n) is 7.19. The first-order valence-electron chi connectivity index (χ1n) is 9.90. The van der Waals surface area contributed by atoms with Crippen molar-refractivity contribution in [2.45, 2.75) is 13.5 Å². The van der Waals surface area contributed by atoms with E-state index >= 15 is 0 Å². The number of benzene rings is 4. The van der Waals surface area contributed by atoms with Gasteiger partial charge >= 0.3 is 0 Å². The Morgan fingerprint density at radius 1 is 0.935 bits per heavy atom. The second-order valence-corrected chi connectivity index (χ2v) is 7.60. The van der Waals surface area contributed by atoms with Crippen molar-refractivity contribution in [1.82, 2.24) is 0 Å². The molecule has 0 aliphatic rings. The van der Waals surface area contributed by atoms with E-state index in [4.69, 9.17) is 21.1 Å². The summed E-state index contributed by atoms with van der Waals surface area (Å²) in [5.74, 6) is 1.20. The number of methoxy groups -OCH3 is 1. The molecular weight excluding hydrogens is 410 g/mol. The molecule has 0 saturated carbocycles. The number of rotatable bonds is 6. The molecule has 4 nitrogen and oxygen atoms in total. The van der Waals surface area contributed by atoms with Crippen molar-refractivity contribution >= 4 is 34.0 Å². The minimum Gasteiger partial charge on any atom is -0.496 e. The fraction of sp³-hybridized carbons (Fsp3) is 0.115. The third-order valence-corrected chi connectivity index (χ3v) is 5.58. The molecule has 0 radical (unpaired) electrons. The Kier molecular flexibility index (Phi) is 6.10. The van der Waals surface area contributed by atoms with E-state index in [0.29, 0.717) is 22.0 Å². The Balaban J connectivity index is 1.53. The van der Waals surface area contributed by atoms with Gasteiger partial charge in [-0.05, 0) is 65.7 Å². The number of ether oxygens (including phenoxy) is 2. The van der Waals surface area contributed by atoms with Crippen LogP contribution in [-0.4, -0.2) is 13.0 Å². The maximum absolute atomic E-state index is 12.8. The first kappa shape index (κ1) is 20.8. The second kappa shape index (κ2) is 9.11. The maximum atomic E-state index is 12.8. The molecular formula is C26H22ClNO3. The van der Waals surface area contributed by atoms with Crippen LogP contribution in [0.3, 0.4) is 0 Å². The van der Waals surface area contributed by atoms with Crippen molar-refractivity contribution < 1.29 is 14.3 Å². The molecule has 31 heavy (non-hydrogen) atoms. The Morgan fingerprint density at radius 2 is 1.74 bits per heavy atom. The van der Waals surface area contributed by atoms with Crippen molar-refractivity contribution in [3.8, 4) is 11.5 Å². The van der Waals surface area contributed by atoms with Gasteiger partial charge in [-0.3, -0.25) is 4.79 Å². The molecule has 1 amide bonds. The van der Waals surface area contributed by atoms with Crippen LogP contribution in [0.15, 0.2) is 78.9 Å². The van der Waals surface area contributed by atoms with E-state index in [9.17, 15) is 4.79 Å². The van der Waals surface area contributed by atoms with Crippen LogP contribution < -0.4 is 14.8 Å². The normalized spacial score (nSPS) is 10.7. The molecule has 0 fully saturated rings. The summed E-state index contributed by atoms with van der Waals surface area (Å²) in [5, 5.41) is 5.79. The SMILES string of the molecule is COc1ccc(C(=O)Nc2cccc(Cl)c2C)cc1COc1ccc2ccccc2c1. The van der Waals surface area contributed by atoms with Gasteiger partial charge in [-0.1, -0.05) is 48.0 Å². The third kappa shape index (κ3) is 4.65. The van der Waals surface area contributed by atoms with Gasteiger partial charge in [0.05, 0.1) is 7.11 Å². The number of anilines is 1. The zero-order valence-electron chi connectivity index (χ0n) is 17.3. The van der Waals surface area contributed by atoms with Gasteiger partial charge in [0, 0.05) is 21.8 Å². The van der Waals surface area contributed by atoms with E-state index in [1.54, 1.807) is 31.4 Å². The largest absolute Gasteiger partial charge is 0.496 e. The van der Waals surface area contributed by atoms with Crippen LogP contribution in [-0.2, 0) is 6.61 Å². The van der Waals surface area contributed by atoms with Crippen molar-refractivity contribution in [2.75, 3.05) is 12.4 Å². The summed E-state index contributed by atoms with van der Waals surface area (Å²) >= 11 is 6.16. The maximum Gasteiger partial charge on any atom is 0.255 e. The van der Waals surface area contributed by atoms with Gasteiger partial charge in [-0.25, -0.2) is 0 Å². The van der Waals surface area contributed by atoms with Gasteiger partial charge in [0.25, 0.3) is 5.91 Å². The number of amides is 1. The molecule has 0 saturated heterocycles. The zero-order valence-corrected chi connectivity index (χ0v) is 18.1. The summed E-state index contributed by atoms with van der Waals surface area (Å²) < 4.78 is 11.5. The lowest BCUT2D eigenvalue weighted by Gasteiger charge is -2.14. The topological polar surface area (TPSA) is 47.6 Å². The van der Waals surface area contributed by atoms with E-state index < -0.39 is 0 Å². The number of halogens is 1. The Morgan fingerprint density at radius 3 is 2.55 bits per heavy atom. The molecule has 4 rings (SSSR count). The minimum atomic E-state index is -0.222. The lowest BCUT2D eigenvalue weighted by molar-refractivity contribution is 0.102. The molecule has 1 N–H and O–H groups in total. The lowest BCUT2D eigenvalue weighted by atomic mass is 10.1. The summed E-state index contributed by atoms with van der Waals surface area (Å²) in [4.78, 5) is 12.8. The number of hydrogen-bond donors (Lipinski definition) is 1. The highest BCUT2D eigenvalue weighted by Crippen LogP contribution is 2.26. The first-order valence-corrected chi connectivity index (χ1v) is 10.3. The molecule has 0 aliphatic heterocycles. The minimum absolute atomic E-state index is 0.222. The third-order valence-electron chi connectivity index (χ3n) is 5.17. The summed E-state index contributed by atoms with van der Waals surface area (Å²) in [6, 6.07) is 24.8. The molecule has 0 bridgehead atoms. The number of carbonyl (C=O) groups excluding carboxylic acids is 1. The fourth-order valence-corrected chi connectivity index (χ4v) is 3.56. The number of carbonyl (C=O) groups is 1. The Bertz CT molecular complexity index is 1250. The van der Waals surface area contributed by atoms with Gasteiger partial charge in [-0.15, -0.1) is 0 Å². The number of hydrogen-bond acceptors (Lipinski definition) is 3. The predicted molar refractivity (Wildman–Crippen MR) is 125 cm³/mol.